The summed E-state index contributed by atoms with van der Waals surface area (Å²) in [5, 5.41) is 77.8. The van der Waals surface area contributed by atoms with Gasteiger partial charge in [0.05, 0.1) is 12.6 Å². The number of phenols is 3. The van der Waals surface area contributed by atoms with Crippen LogP contribution in [-0.2, 0) is 78.4 Å². The normalized spacial score (nSPS) is 13.6. The van der Waals surface area contributed by atoms with E-state index in [-0.39, 0.29) is 74.7 Å². The Bertz CT molecular complexity index is 3020. The second-order valence-electron chi connectivity index (χ2n) is 19.9. The van der Waals surface area contributed by atoms with E-state index in [0.717, 1.165) is 0 Å². The predicted octanol–water partition coefficient (Wildman–Crippen LogP) is -2.20. The van der Waals surface area contributed by atoms with Crippen LogP contribution in [0, 0.1) is 0 Å². The van der Waals surface area contributed by atoms with Crippen LogP contribution in [0.2, 0.25) is 0 Å². The third-order valence-corrected chi connectivity index (χ3v) is 13.0. The Kier molecular flexibility index (Phi) is 27.2. The third kappa shape index (κ3) is 24.6. The Morgan fingerprint density at radius 2 is 0.826 bits per heavy atom. The molecule has 4 aromatic rings. The van der Waals surface area contributed by atoms with Crippen molar-refractivity contribution in [2.24, 2.45) is 22.2 Å². The van der Waals surface area contributed by atoms with Crippen molar-refractivity contribution in [3.8, 4) is 17.2 Å². The van der Waals surface area contributed by atoms with Gasteiger partial charge in [0.2, 0.25) is 47.3 Å². The number of nitrogens with zero attached hydrogens (tertiary/aromatic N) is 1. The molecule has 8 atom stereocenters. The number of nitrogens with two attached hydrogens (primary N) is 3. The molecule has 0 aliphatic heterocycles. The summed E-state index contributed by atoms with van der Waals surface area (Å²) in [4.78, 5) is 150. The SMILES string of the molecule is C[C@H](NC(=O)[C@H](CCCN=C(N)N)NC(=O)[C@H](CCC(=O)O)NC(=O)[C@@H](N)CCC(=O)O)C(=O)N[C@@H](Cc1ccc(O)cc1)C(=O)N[C@@H](Cc1ccc(O)cc1)C(=O)N[C@@H](Cc1ccccc1)C(=O)NCC(=O)N[C@@H](Cc1ccc(O)cc1)C(=O)O. The number of aliphatic carboxylic acids is 3. The van der Waals surface area contributed by atoms with Crippen molar-refractivity contribution in [1.82, 2.24) is 42.5 Å². The van der Waals surface area contributed by atoms with Gasteiger partial charge < -0.3 is 90.4 Å². The Labute approximate surface area is 493 Å². The summed E-state index contributed by atoms with van der Waals surface area (Å²) in [5.74, 6) is -12.3. The number of hydrogen-bond acceptors (Lipinski definition) is 16. The second-order valence-corrected chi connectivity index (χ2v) is 19.9. The van der Waals surface area contributed by atoms with Gasteiger partial charge in [-0.1, -0.05) is 66.7 Å². The predicted molar refractivity (Wildman–Crippen MR) is 307 cm³/mol. The molecule has 0 unspecified atom stereocenters. The van der Waals surface area contributed by atoms with E-state index in [4.69, 9.17) is 22.3 Å². The number of amides is 8. The molecule has 0 aliphatic rings. The van der Waals surface area contributed by atoms with Crippen LogP contribution >= 0.6 is 0 Å². The van der Waals surface area contributed by atoms with Crippen LogP contribution in [0.5, 0.6) is 17.2 Å². The number of carbonyl (C=O) groups excluding carboxylic acids is 8. The van der Waals surface area contributed by atoms with E-state index in [1.807, 2.05) is 0 Å². The van der Waals surface area contributed by atoms with Gasteiger partial charge in [-0.3, -0.25) is 52.9 Å². The summed E-state index contributed by atoms with van der Waals surface area (Å²) >= 11 is 0. The minimum absolute atomic E-state index is 0.0455. The first kappa shape index (κ1) is 68.2. The summed E-state index contributed by atoms with van der Waals surface area (Å²) in [7, 11) is 0. The number of carbonyl (C=O) groups is 11. The smallest absolute Gasteiger partial charge is 0.326 e. The molecule has 462 valence electrons. The standard InChI is InChI=1S/C57H72N12O17/c1-31(63-52(81)40(8-5-25-61-57(59)60)66-53(82)41(22-24-48(76)77)65-50(79)39(58)21-23-47(74)75)49(78)67-43(27-33-9-15-36(70)16-10-33)54(83)69-44(28-34-11-17-37(71)18-12-34)55(84)68-42(26-32-6-3-2-4-7-32)51(80)62-30-46(73)64-45(56(85)86)29-35-13-19-38(72)20-14-35/h2-4,6-7,9-20,31,39-45,70-72H,5,8,21-30,58H2,1H3,(H,62,80)(H,63,81)(H,64,73)(H,65,79)(H,66,82)(H,67,78)(H,68,84)(H,69,83)(H,74,75)(H,76,77)(H,85,86)(H4,59,60,61)/t31-,39-,40-,41-,42-,43-,44-,45-/m0/s1. The van der Waals surface area contributed by atoms with Gasteiger partial charge in [-0.2, -0.15) is 0 Å². The molecule has 29 nitrogen and oxygen atoms in total. The average Bonchev–Trinajstić information content (AvgIpc) is 3.63. The van der Waals surface area contributed by atoms with E-state index in [0.29, 0.717) is 22.3 Å². The molecule has 86 heavy (non-hydrogen) atoms. The van der Waals surface area contributed by atoms with Crippen molar-refractivity contribution >= 4 is 71.1 Å². The number of rotatable bonds is 35. The highest BCUT2D eigenvalue weighted by molar-refractivity contribution is 5.98. The van der Waals surface area contributed by atoms with E-state index in [2.05, 4.69) is 47.5 Å². The number of phenolic OH excluding ortho intramolecular Hbond substituents is 3. The maximum absolute atomic E-state index is 14.6. The summed E-state index contributed by atoms with van der Waals surface area (Å²) in [5.41, 5.74) is 18.5. The highest BCUT2D eigenvalue weighted by Gasteiger charge is 2.34. The van der Waals surface area contributed by atoms with Crippen LogP contribution in [0.4, 0.5) is 0 Å². The molecule has 20 N–H and O–H groups in total. The number of hydrogen-bond donors (Lipinski definition) is 17. The zero-order valence-corrected chi connectivity index (χ0v) is 46.8. The van der Waals surface area contributed by atoms with Crippen LogP contribution < -0.4 is 59.7 Å². The van der Waals surface area contributed by atoms with Gasteiger partial charge in [0.25, 0.3) is 0 Å². The third-order valence-electron chi connectivity index (χ3n) is 13.0. The van der Waals surface area contributed by atoms with E-state index < -0.39 is 139 Å². The molecule has 8 amide bonds. The Hall–Kier alpha value is -10.3. The van der Waals surface area contributed by atoms with Crippen LogP contribution in [-0.4, -0.2) is 163 Å². The van der Waals surface area contributed by atoms with Gasteiger partial charge in [0.15, 0.2) is 5.96 Å². The lowest BCUT2D eigenvalue weighted by Gasteiger charge is -2.27. The molecule has 4 aromatic carbocycles. The largest absolute Gasteiger partial charge is 0.508 e. The van der Waals surface area contributed by atoms with Gasteiger partial charge >= 0.3 is 17.9 Å². The molecule has 0 saturated heterocycles. The fourth-order valence-corrected chi connectivity index (χ4v) is 8.31. The molecule has 0 aromatic heterocycles. The molecule has 0 heterocycles. The summed E-state index contributed by atoms with van der Waals surface area (Å²) < 4.78 is 0. The number of benzene rings is 4. The van der Waals surface area contributed by atoms with Gasteiger partial charge in [0.1, 0.15) is 59.5 Å². The first-order valence-corrected chi connectivity index (χ1v) is 27.0. The topological polar surface area (TPSA) is 496 Å². The summed E-state index contributed by atoms with van der Waals surface area (Å²) in [6.07, 6.45) is -3.01. The van der Waals surface area contributed by atoms with Crippen LogP contribution in [0.1, 0.15) is 67.7 Å². The quantitative estimate of drug-likeness (QED) is 0.0132. The molecule has 0 aliphatic carbocycles. The van der Waals surface area contributed by atoms with Gasteiger partial charge in [-0.25, -0.2) is 4.79 Å². The van der Waals surface area contributed by atoms with Crippen molar-refractivity contribution in [2.45, 2.75) is 119 Å². The number of aliphatic imine (C=N–C) groups is 1. The molecule has 0 saturated carbocycles. The monoisotopic (exact) mass is 1200 g/mol. The molecule has 0 radical (unpaired) electrons. The van der Waals surface area contributed by atoms with Gasteiger partial charge in [0, 0.05) is 45.1 Å². The van der Waals surface area contributed by atoms with Crippen molar-refractivity contribution in [1.29, 1.82) is 0 Å². The number of nitrogens with one attached hydrogen (secondary N) is 8. The van der Waals surface area contributed by atoms with Crippen LogP contribution in [0.25, 0.3) is 0 Å². The van der Waals surface area contributed by atoms with Crippen molar-refractivity contribution in [2.75, 3.05) is 13.1 Å². The molecule has 0 bridgehead atoms. The first-order chi connectivity index (χ1) is 40.8. The molecule has 29 heteroatoms. The van der Waals surface area contributed by atoms with Crippen molar-refractivity contribution < 1.29 is 83.4 Å². The lowest BCUT2D eigenvalue weighted by molar-refractivity contribution is -0.142. The molecular formula is C57H72N12O17. The van der Waals surface area contributed by atoms with E-state index in [1.54, 1.807) is 30.3 Å². The minimum Gasteiger partial charge on any atom is -0.508 e. The molecule has 0 spiro atoms. The zero-order valence-electron chi connectivity index (χ0n) is 46.8. The minimum atomic E-state index is -1.60. The summed E-state index contributed by atoms with van der Waals surface area (Å²) in [6, 6.07) is 13.1. The molecular weight excluding hydrogens is 1120 g/mol. The van der Waals surface area contributed by atoms with Gasteiger partial charge in [-0.05, 0) is 91.3 Å². The Balaban J connectivity index is 1.60. The lowest BCUT2D eigenvalue weighted by atomic mass is 10.0. The number of carboxylic acid groups (broad SMARTS) is 3. The fraction of sp³-hybridized carbons (Fsp3) is 0.368. The number of aromatic hydroxyl groups is 3. The summed E-state index contributed by atoms with van der Waals surface area (Å²) in [6.45, 7) is 0.457. The lowest BCUT2D eigenvalue weighted by Crippen LogP contribution is -2.60. The first-order valence-electron chi connectivity index (χ1n) is 27.0. The zero-order chi connectivity index (χ0) is 63.5. The maximum Gasteiger partial charge on any atom is 0.326 e. The average molecular weight is 1200 g/mol. The van der Waals surface area contributed by atoms with Crippen LogP contribution in [0.15, 0.2) is 108 Å². The number of carboxylic acids is 3. The Morgan fingerprint density at radius 1 is 0.442 bits per heavy atom. The van der Waals surface area contributed by atoms with E-state index in [9.17, 15) is 78.3 Å². The fourth-order valence-electron chi connectivity index (χ4n) is 8.31. The maximum atomic E-state index is 14.6. The van der Waals surface area contributed by atoms with Crippen LogP contribution in [0.3, 0.4) is 0 Å². The van der Waals surface area contributed by atoms with Crippen molar-refractivity contribution in [3.05, 3.63) is 125 Å². The van der Waals surface area contributed by atoms with Gasteiger partial charge in [-0.15, -0.1) is 0 Å². The highest BCUT2D eigenvalue weighted by Crippen LogP contribution is 2.16. The van der Waals surface area contributed by atoms with E-state index >= 15 is 0 Å². The van der Waals surface area contributed by atoms with Crippen molar-refractivity contribution in [3.63, 3.8) is 0 Å². The highest BCUT2D eigenvalue weighted by atomic mass is 16.4. The molecule has 4 rings (SSSR count). The Morgan fingerprint density at radius 3 is 1.29 bits per heavy atom. The number of guanidine groups is 1. The van der Waals surface area contributed by atoms with E-state index in [1.165, 1.54) is 79.7 Å². The molecule has 0 fully saturated rings. The second kappa shape index (κ2) is 34.3.